The molecule has 0 unspecified atom stereocenters. The van der Waals surface area contributed by atoms with Gasteiger partial charge in [-0.05, 0) is 74.0 Å². The first-order valence-electron chi connectivity index (χ1n) is 15.1. The van der Waals surface area contributed by atoms with Crippen molar-refractivity contribution in [2.75, 3.05) is 25.1 Å². The number of hydrogen-bond donors (Lipinski definition) is 2. The number of hydrogen-bond acceptors (Lipinski definition) is 10. The smallest absolute Gasteiger partial charge is 0.255 e. The number of fused-ring (bicyclic) bond motifs is 1. The van der Waals surface area contributed by atoms with Crippen molar-refractivity contribution in [1.29, 1.82) is 0 Å². The number of para-hydroxylation sites is 1. The molecule has 5 rings (SSSR count). The summed E-state index contributed by atoms with van der Waals surface area (Å²) >= 11 is 0. The summed E-state index contributed by atoms with van der Waals surface area (Å²) in [6.45, 7) is 13.6. The van der Waals surface area contributed by atoms with E-state index in [0.29, 0.717) is 47.4 Å². The monoisotopic (exact) mass is 641 g/mol. The lowest BCUT2D eigenvalue weighted by Crippen LogP contribution is -2.13. The number of aromatic nitrogens is 4. The van der Waals surface area contributed by atoms with Crippen LogP contribution in [0, 0.1) is 0 Å². The molecule has 5 aromatic rings. The normalized spacial score (nSPS) is 10.4. The lowest BCUT2D eigenvalue weighted by atomic mass is 10.1. The van der Waals surface area contributed by atoms with Crippen molar-refractivity contribution in [3.8, 4) is 17.3 Å². The maximum Gasteiger partial charge on any atom is 0.255 e. The highest BCUT2D eigenvalue weighted by atomic mass is 16.7. The predicted octanol–water partition coefficient (Wildman–Crippen LogP) is 6.47. The third-order valence-electron chi connectivity index (χ3n) is 6.41. The molecule has 3 aromatic carbocycles. The summed E-state index contributed by atoms with van der Waals surface area (Å²) < 4.78 is 21.7. The zero-order valence-corrected chi connectivity index (χ0v) is 26.7. The van der Waals surface area contributed by atoms with Gasteiger partial charge in [0.1, 0.15) is 5.75 Å². The summed E-state index contributed by atoms with van der Waals surface area (Å²) in [6, 6.07) is 22.0. The number of nitrogens with zero attached hydrogens (tertiary/aromatic N) is 3. The Hall–Kier alpha value is -5.46. The summed E-state index contributed by atoms with van der Waals surface area (Å²) in [4.78, 5) is 37.6. The van der Waals surface area contributed by atoms with Crippen LogP contribution in [-0.4, -0.2) is 58.4 Å². The maximum atomic E-state index is 12.9. The second-order valence-electron chi connectivity index (χ2n) is 9.61. The van der Waals surface area contributed by atoms with Gasteiger partial charge in [0.15, 0.2) is 28.8 Å². The van der Waals surface area contributed by atoms with Gasteiger partial charge in [-0.15, -0.1) is 18.3 Å². The molecule has 0 aliphatic carbocycles. The molecular weight excluding hydrogens is 602 g/mol. The van der Waals surface area contributed by atoms with E-state index in [1.807, 2.05) is 39.0 Å². The van der Waals surface area contributed by atoms with E-state index < -0.39 is 0 Å². The minimum absolute atomic E-state index is 0.0370. The highest BCUT2D eigenvalue weighted by Crippen LogP contribution is 2.26. The van der Waals surface area contributed by atoms with Gasteiger partial charge in [-0.2, -0.15) is 0 Å². The zero-order chi connectivity index (χ0) is 34.0. The fourth-order valence-electron chi connectivity index (χ4n) is 4.26. The fraction of sp³-hybridized carbons (Fsp3) is 0.257. The number of carbonyl (C=O) groups excluding carboxylic acids is 2. The Morgan fingerprint density at radius 2 is 1.64 bits per heavy atom. The number of amides is 1. The summed E-state index contributed by atoms with van der Waals surface area (Å²) in [5, 5.41) is 16.4. The van der Waals surface area contributed by atoms with Gasteiger partial charge in [-0.3, -0.25) is 14.4 Å². The molecule has 0 bridgehead atoms. The highest BCUT2D eigenvalue weighted by Gasteiger charge is 2.15. The van der Waals surface area contributed by atoms with Crippen LogP contribution in [0.1, 0.15) is 54.3 Å². The Labute approximate surface area is 272 Å². The van der Waals surface area contributed by atoms with Crippen LogP contribution in [0.3, 0.4) is 0 Å². The largest absolute Gasteiger partial charge is 0.494 e. The van der Waals surface area contributed by atoms with Crippen molar-refractivity contribution in [3.63, 3.8) is 0 Å². The van der Waals surface area contributed by atoms with Crippen molar-refractivity contribution in [3.05, 3.63) is 113 Å². The van der Waals surface area contributed by atoms with E-state index in [0.717, 1.165) is 13.2 Å². The van der Waals surface area contributed by atoms with Gasteiger partial charge in [0.2, 0.25) is 5.82 Å². The van der Waals surface area contributed by atoms with Crippen LogP contribution in [0.15, 0.2) is 101 Å². The number of carbonyl (C=O) groups is 2. The first-order valence-corrected chi connectivity index (χ1v) is 15.1. The molecule has 0 aliphatic rings. The molecule has 2 aromatic heterocycles. The minimum atomic E-state index is -0.387. The van der Waals surface area contributed by atoms with Gasteiger partial charge in [-0.25, -0.2) is 5.10 Å². The molecule has 47 heavy (non-hydrogen) atoms. The molecule has 0 saturated carbocycles. The summed E-state index contributed by atoms with van der Waals surface area (Å²) in [5.41, 5.74) is 1.32. The minimum Gasteiger partial charge on any atom is -0.494 e. The van der Waals surface area contributed by atoms with Gasteiger partial charge >= 0.3 is 0 Å². The Morgan fingerprint density at radius 1 is 0.936 bits per heavy atom. The molecule has 1 amide bonds. The molecule has 0 saturated heterocycles. The van der Waals surface area contributed by atoms with E-state index in [1.54, 1.807) is 54.6 Å². The molecular formula is C35H39N5O7. The van der Waals surface area contributed by atoms with Crippen molar-refractivity contribution < 1.29 is 28.2 Å². The molecule has 0 fully saturated rings. The molecule has 0 spiro atoms. The number of ketones is 1. The standard InChI is InChI=1S/C27H21N5O5.C6H14O2.C2H4/c33-22(17-6-2-1-3-7-17)10-5-15-36-19-13-11-18(12-14-19)27(35)28-21-9-4-8-20-23(34)16-24(37-25(20)21)26-29-31-32-30-26;1-4-7-6(3)8-5-2;1-2/h1-4,6-9,11-14,16H,5,10,15H2,(H,28,35)(H,29,30,31,32);6H,4-5H2,1-3H3;1-2H2. The lowest BCUT2D eigenvalue weighted by Gasteiger charge is -2.10. The SMILES string of the molecule is C=C.CCOC(C)OCC.O=C(CCCOc1ccc(C(=O)Nc2cccc3c(=O)cc(-c4nnn[nH]4)oc23)cc1)c1ccccc1. The maximum absolute atomic E-state index is 12.9. The summed E-state index contributed by atoms with van der Waals surface area (Å²) in [6.07, 6.45) is 0.930. The number of ether oxygens (including phenoxy) is 3. The topological polar surface area (TPSA) is 159 Å². The number of anilines is 1. The van der Waals surface area contributed by atoms with Crippen molar-refractivity contribution >= 4 is 28.3 Å². The summed E-state index contributed by atoms with van der Waals surface area (Å²) in [7, 11) is 0. The van der Waals surface area contributed by atoms with Crippen LogP contribution in [0.5, 0.6) is 5.75 Å². The van der Waals surface area contributed by atoms with Gasteiger partial charge in [0, 0.05) is 36.8 Å². The highest BCUT2D eigenvalue weighted by molar-refractivity contribution is 6.08. The number of nitrogens with one attached hydrogen (secondary N) is 2. The zero-order valence-electron chi connectivity index (χ0n) is 26.7. The quantitative estimate of drug-likeness (QED) is 0.0631. The third kappa shape index (κ3) is 10.8. The van der Waals surface area contributed by atoms with Crippen molar-refractivity contribution in [2.24, 2.45) is 0 Å². The van der Waals surface area contributed by atoms with Crippen LogP contribution in [0.2, 0.25) is 0 Å². The van der Waals surface area contributed by atoms with E-state index in [-0.39, 0.29) is 40.6 Å². The van der Waals surface area contributed by atoms with Crippen LogP contribution in [0.25, 0.3) is 22.6 Å². The first kappa shape index (κ1) is 36.0. The number of tetrazole rings is 1. The Morgan fingerprint density at radius 3 is 2.28 bits per heavy atom. The number of benzene rings is 3. The van der Waals surface area contributed by atoms with E-state index >= 15 is 0 Å². The average molecular weight is 642 g/mol. The number of rotatable bonds is 13. The lowest BCUT2D eigenvalue weighted by molar-refractivity contribution is -0.123. The van der Waals surface area contributed by atoms with E-state index in [1.165, 1.54) is 6.07 Å². The van der Waals surface area contributed by atoms with E-state index in [9.17, 15) is 14.4 Å². The Kier molecular flexibility index (Phi) is 14.7. The van der Waals surface area contributed by atoms with Gasteiger partial charge in [0.05, 0.1) is 17.7 Å². The molecule has 246 valence electrons. The molecule has 0 radical (unpaired) electrons. The number of aromatic amines is 1. The van der Waals surface area contributed by atoms with Gasteiger partial charge in [0.25, 0.3) is 5.91 Å². The molecule has 2 heterocycles. The van der Waals surface area contributed by atoms with Gasteiger partial charge < -0.3 is 23.9 Å². The molecule has 12 heteroatoms. The van der Waals surface area contributed by atoms with Gasteiger partial charge in [-0.1, -0.05) is 36.4 Å². The predicted molar refractivity (Wildman–Crippen MR) is 180 cm³/mol. The summed E-state index contributed by atoms with van der Waals surface area (Å²) in [5.74, 6) is 0.619. The van der Waals surface area contributed by atoms with E-state index in [2.05, 4.69) is 39.1 Å². The van der Waals surface area contributed by atoms with Crippen molar-refractivity contribution in [1.82, 2.24) is 20.6 Å². The first-order chi connectivity index (χ1) is 22.9. The second kappa shape index (κ2) is 19.1. The third-order valence-corrected chi connectivity index (χ3v) is 6.41. The molecule has 0 atom stereocenters. The Balaban J connectivity index is 0.000000527. The Bertz CT molecular complexity index is 1730. The van der Waals surface area contributed by atoms with Crippen LogP contribution >= 0.6 is 0 Å². The van der Waals surface area contributed by atoms with Crippen LogP contribution in [0.4, 0.5) is 5.69 Å². The molecule has 2 N–H and O–H groups in total. The number of Topliss-reactive ketones (excluding diaryl/α,β-unsaturated/α-hetero) is 1. The molecule has 12 nitrogen and oxygen atoms in total. The number of H-pyrrole nitrogens is 1. The van der Waals surface area contributed by atoms with Crippen LogP contribution < -0.4 is 15.5 Å². The average Bonchev–Trinajstić information content (AvgIpc) is 3.64. The van der Waals surface area contributed by atoms with Crippen molar-refractivity contribution in [2.45, 2.75) is 39.9 Å². The second-order valence-corrected chi connectivity index (χ2v) is 9.61. The molecule has 0 aliphatic heterocycles. The fourth-order valence-corrected chi connectivity index (χ4v) is 4.26. The van der Waals surface area contributed by atoms with E-state index in [4.69, 9.17) is 18.6 Å². The van der Waals surface area contributed by atoms with Crippen LogP contribution in [-0.2, 0) is 9.47 Å².